The monoisotopic (exact) mass is 246 g/mol. The zero-order chi connectivity index (χ0) is 12.3. The van der Waals surface area contributed by atoms with Crippen molar-refractivity contribution in [1.82, 2.24) is 0 Å². The van der Waals surface area contributed by atoms with Crippen LogP contribution < -0.4 is 0 Å². The summed E-state index contributed by atoms with van der Waals surface area (Å²) in [5, 5.41) is 0.411. The number of hydrogen-bond donors (Lipinski definition) is 2. The molecule has 0 N–H and O–H groups in total. The van der Waals surface area contributed by atoms with Crippen LogP contribution in [0.1, 0.15) is 47.5 Å². The molecule has 0 fully saturated rings. The highest BCUT2D eigenvalue weighted by molar-refractivity contribution is 7.81. The summed E-state index contributed by atoms with van der Waals surface area (Å²) in [7, 11) is 0. The van der Waals surface area contributed by atoms with Gasteiger partial charge in [-0.15, -0.1) is 0 Å². The van der Waals surface area contributed by atoms with Gasteiger partial charge in [-0.3, -0.25) is 0 Å². The Morgan fingerprint density at radius 3 is 2.07 bits per heavy atom. The summed E-state index contributed by atoms with van der Waals surface area (Å²) >= 11 is 8.97. The minimum absolute atomic E-state index is 0.196. The quantitative estimate of drug-likeness (QED) is 0.496. The molecule has 90 valence electrons. The summed E-state index contributed by atoms with van der Waals surface area (Å²) in [6.45, 7) is 15.3. The Hall–Kier alpha value is 0.440. The number of allylic oxidation sites excluding steroid dienone is 1. The third kappa shape index (κ3) is 4.86. The lowest BCUT2D eigenvalue weighted by Crippen LogP contribution is -2.31. The lowest BCUT2D eigenvalue weighted by atomic mass is 9.70. The zero-order valence-electron chi connectivity index (χ0n) is 10.8. The molecule has 1 unspecified atom stereocenters. The number of rotatable bonds is 6. The van der Waals surface area contributed by atoms with Crippen LogP contribution in [0.15, 0.2) is 12.2 Å². The van der Waals surface area contributed by atoms with Gasteiger partial charge in [0.2, 0.25) is 0 Å². The fraction of sp³-hybridized carbons (Fsp3) is 0.846. The van der Waals surface area contributed by atoms with Gasteiger partial charge in [-0.1, -0.05) is 39.8 Å². The van der Waals surface area contributed by atoms with E-state index in [0.717, 1.165) is 18.6 Å². The molecule has 0 saturated carbocycles. The molecule has 2 heteroatoms. The van der Waals surface area contributed by atoms with Crippen molar-refractivity contribution in [1.29, 1.82) is 0 Å². The van der Waals surface area contributed by atoms with E-state index in [1.54, 1.807) is 0 Å². The lowest BCUT2D eigenvalue weighted by Gasteiger charge is -2.39. The Morgan fingerprint density at radius 2 is 1.73 bits per heavy atom. The van der Waals surface area contributed by atoms with Crippen LogP contribution in [0.4, 0.5) is 0 Å². The van der Waals surface area contributed by atoms with Crippen LogP contribution in [0.5, 0.6) is 0 Å². The minimum Gasteiger partial charge on any atom is -0.179 e. The average molecular weight is 246 g/mol. The highest BCUT2D eigenvalue weighted by Gasteiger charge is 2.33. The summed E-state index contributed by atoms with van der Waals surface area (Å²) in [6.07, 6.45) is 2.18. The van der Waals surface area contributed by atoms with Crippen molar-refractivity contribution in [3.63, 3.8) is 0 Å². The SMILES string of the molecule is C=C(C)C(C)(C)CC(C)(C)C(S)CCS. The van der Waals surface area contributed by atoms with E-state index in [0.29, 0.717) is 5.25 Å². The maximum Gasteiger partial charge on any atom is 0.00760 e. The maximum atomic E-state index is 4.69. The molecule has 0 amide bonds. The molecular weight excluding hydrogens is 220 g/mol. The van der Waals surface area contributed by atoms with Crippen molar-refractivity contribution in [3.8, 4) is 0 Å². The van der Waals surface area contributed by atoms with Crippen LogP contribution in [0.2, 0.25) is 0 Å². The van der Waals surface area contributed by atoms with Crippen LogP contribution in [0.3, 0.4) is 0 Å². The molecule has 0 spiro atoms. The van der Waals surface area contributed by atoms with Crippen LogP contribution in [-0.4, -0.2) is 11.0 Å². The zero-order valence-corrected chi connectivity index (χ0v) is 12.6. The largest absolute Gasteiger partial charge is 0.179 e. The third-order valence-electron chi connectivity index (χ3n) is 3.36. The predicted octanol–water partition coefficient (Wildman–Crippen LogP) is 4.62. The molecule has 0 bridgehead atoms. The second-order valence-electron chi connectivity index (χ2n) is 5.86. The van der Waals surface area contributed by atoms with E-state index < -0.39 is 0 Å². The molecule has 0 aromatic heterocycles. The highest BCUT2D eigenvalue weighted by atomic mass is 32.1. The summed E-state index contributed by atoms with van der Waals surface area (Å²) < 4.78 is 0. The van der Waals surface area contributed by atoms with E-state index in [1.165, 1.54) is 5.57 Å². The molecule has 0 heterocycles. The Bertz CT molecular complexity index is 217. The van der Waals surface area contributed by atoms with E-state index >= 15 is 0 Å². The van der Waals surface area contributed by atoms with Crippen LogP contribution >= 0.6 is 25.3 Å². The second-order valence-corrected chi connectivity index (χ2v) is 6.93. The van der Waals surface area contributed by atoms with Crippen molar-refractivity contribution < 1.29 is 0 Å². The molecule has 0 aliphatic rings. The van der Waals surface area contributed by atoms with Crippen molar-refractivity contribution in [2.75, 3.05) is 5.75 Å². The van der Waals surface area contributed by atoms with E-state index in [1.807, 2.05) is 0 Å². The van der Waals surface area contributed by atoms with Crippen molar-refractivity contribution in [2.24, 2.45) is 10.8 Å². The molecule has 0 aromatic rings. The van der Waals surface area contributed by atoms with Gasteiger partial charge in [0.1, 0.15) is 0 Å². The van der Waals surface area contributed by atoms with Gasteiger partial charge < -0.3 is 0 Å². The van der Waals surface area contributed by atoms with E-state index in [2.05, 4.69) is 53.8 Å². The fourth-order valence-electron chi connectivity index (χ4n) is 1.92. The van der Waals surface area contributed by atoms with Gasteiger partial charge in [0.05, 0.1) is 0 Å². The van der Waals surface area contributed by atoms with Gasteiger partial charge in [0.25, 0.3) is 0 Å². The molecule has 0 rings (SSSR count). The van der Waals surface area contributed by atoms with Crippen molar-refractivity contribution >= 4 is 25.3 Å². The molecule has 0 nitrogen and oxygen atoms in total. The average Bonchev–Trinajstić information content (AvgIpc) is 2.02. The summed E-state index contributed by atoms with van der Waals surface area (Å²) in [6, 6.07) is 0. The number of hydrogen-bond acceptors (Lipinski definition) is 2. The number of thiol groups is 2. The molecule has 0 aliphatic carbocycles. The first-order valence-corrected chi connectivity index (χ1v) is 6.73. The molecule has 0 aliphatic heterocycles. The second kappa shape index (κ2) is 5.67. The van der Waals surface area contributed by atoms with Gasteiger partial charge in [0, 0.05) is 5.25 Å². The molecule has 0 radical (unpaired) electrons. The van der Waals surface area contributed by atoms with Crippen molar-refractivity contribution in [2.45, 2.75) is 52.7 Å². The van der Waals surface area contributed by atoms with E-state index in [9.17, 15) is 0 Å². The normalized spacial score (nSPS) is 15.1. The first-order valence-electron chi connectivity index (χ1n) is 5.58. The van der Waals surface area contributed by atoms with Crippen LogP contribution in [-0.2, 0) is 0 Å². The fourth-order valence-corrected chi connectivity index (χ4v) is 2.60. The predicted molar refractivity (Wildman–Crippen MR) is 78.2 cm³/mol. The summed E-state index contributed by atoms with van der Waals surface area (Å²) in [5.41, 5.74) is 1.68. The van der Waals surface area contributed by atoms with Gasteiger partial charge in [0.15, 0.2) is 0 Å². The van der Waals surface area contributed by atoms with Gasteiger partial charge in [-0.05, 0) is 36.3 Å². The highest BCUT2D eigenvalue weighted by Crippen LogP contribution is 2.42. The van der Waals surface area contributed by atoms with Crippen LogP contribution in [0, 0.1) is 10.8 Å². The third-order valence-corrected chi connectivity index (χ3v) is 4.57. The standard InChI is InChI=1S/C13H26S2/c1-10(2)12(3,4)9-13(5,6)11(15)7-8-14/h11,14-15H,1,7-9H2,2-6H3. The Labute approximate surface area is 107 Å². The molecule has 0 saturated heterocycles. The summed E-state index contributed by atoms with van der Waals surface area (Å²) in [4.78, 5) is 0. The van der Waals surface area contributed by atoms with E-state index in [4.69, 9.17) is 12.6 Å². The van der Waals surface area contributed by atoms with Crippen molar-refractivity contribution in [3.05, 3.63) is 12.2 Å². The lowest BCUT2D eigenvalue weighted by molar-refractivity contribution is 0.219. The summed E-state index contributed by atoms with van der Waals surface area (Å²) in [5.74, 6) is 0.908. The van der Waals surface area contributed by atoms with Crippen LogP contribution in [0.25, 0.3) is 0 Å². The molecule has 1 atom stereocenters. The van der Waals surface area contributed by atoms with Gasteiger partial charge in [-0.25, -0.2) is 0 Å². The van der Waals surface area contributed by atoms with E-state index in [-0.39, 0.29) is 10.8 Å². The Kier molecular flexibility index (Phi) is 5.84. The molecule has 0 aromatic carbocycles. The smallest absolute Gasteiger partial charge is 0.00760 e. The first-order chi connectivity index (χ1) is 6.63. The first kappa shape index (κ1) is 15.4. The Balaban J connectivity index is 4.55. The maximum absolute atomic E-state index is 4.69. The van der Waals surface area contributed by atoms with Gasteiger partial charge >= 0.3 is 0 Å². The minimum atomic E-state index is 0.196. The Morgan fingerprint density at radius 1 is 1.27 bits per heavy atom. The topological polar surface area (TPSA) is 0 Å². The molecule has 15 heavy (non-hydrogen) atoms. The van der Waals surface area contributed by atoms with Gasteiger partial charge in [-0.2, -0.15) is 25.3 Å². The molecular formula is C13H26S2.